The summed E-state index contributed by atoms with van der Waals surface area (Å²) in [6.45, 7) is 0. The lowest BCUT2D eigenvalue weighted by Crippen LogP contribution is -2.04. The quantitative estimate of drug-likeness (QED) is 0.843. The van der Waals surface area contributed by atoms with E-state index in [-0.39, 0.29) is 12.4 Å². The zero-order valence-electron chi connectivity index (χ0n) is 9.88. The van der Waals surface area contributed by atoms with Gasteiger partial charge in [0.2, 0.25) is 5.95 Å². The van der Waals surface area contributed by atoms with E-state index in [1.165, 1.54) is 0 Å². The van der Waals surface area contributed by atoms with E-state index in [1.54, 1.807) is 25.3 Å². The zero-order valence-corrected chi connectivity index (χ0v) is 9.88. The number of hydrogen-bond donors (Lipinski definition) is 2. The van der Waals surface area contributed by atoms with Gasteiger partial charge in [0.05, 0.1) is 24.7 Å². The summed E-state index contributed by atoms with van der Waals surface area (Å²) in [4.78, 5) is 18.8. The number of fused-ring (bicyclic) bond motifs is 1. The molecule has 94 valence electrons. The van der Waals surface area contributed by atoms with Crippen LogP contribution in [0.15, 0.2) is 18.2 Å². The highest BCUT2D eigenvalue weighted by molar-refractivity contribution is 5.83. The third-order valence-corrected chi connectivity index (χ3v) is 2.57. The molecule has 1 heterocycles. The number of rotatable bonds is 4. The molecular formula is C12H13N3O3. The van der Waals surface area contributed by atoms with Gasteiger partial charge in [0.15, 0.2) is 0 Å². The minimum absolute atomic E-state index is 0.00274. The van der Waals surface area contributed by atoms with Crippen molar-refractivity contribution in [1.29, 1.82) is 0 Å². The van der Waals surface area contributed by atoms with Gasteiger partial charge in [0.25, 0.3) is 0 Å². The normalized spacial score (nSPS) is 10.5. The number of carboxylic acid groups (broad SMARTS) is 1. The molecule has 0 atom stereocenters. The van der Waals surface area contributed by atoms with E-state index in [9.17, 15) is 4.79 Å². The first-order chi connectivity index (χ1) is 8.60. The highest BCUT2D eigenvalue weighted by Gasteiger charge is 2.09. The summed E-state index contributed by atoms with van der Waals surface area (Å²) >= 11 is 0. The van der Waals surface area contributed by atoms with E-state index >= 15 is 0 Å². The molecule has 0 radical (unpaired) electrons. The van der Waals surface area contributed by atoms with Gasteiger partial charge < -0.3 is 15.6 Å². The molecule has 2 aromatic rings. The number of hydrogen-bond acceptors (Lipinski definition) is 5. The van der Waals surface area contributed by atoms with Crippen molar-refractivity contribution in [1.82, 2.24) is 9.97 Å². The van der Waals surface area contributed by atoms with E-state index in [2.05, 4.69) is 9.97 Å². The van der Waals surface area contributed by atoms with Crippen LogP contribution in [0.2, 0.25) is 0 Å². The number of carbonyl (C=O) groups is 1. The second kappa shape index (κ2) is 4.87. The number of anilines is 1. The van der Waals surface area contributed by atoms with Crippen LogP contribution < -0.4 is 10.5 Å². The second-order valence-electron chi connectivity index (χ2n) is 3.81. The molecule has 1 aromatic heterocycles. The Morgan fingerprint density at radius 3 is 2.89 bits per heavy atom. The Morgan fingerprint density at radius 1 is 1.44 bits per heavy atom. The summed E-state index contributed by atoms with van der Waals surface area (Å²) in [5.41, 5.74) is 6.91. The van der Waals surface area contributed by atoms with Crippen LogP contribution in [0.5, 0.6) is 5.75 Å². The number of benzene rings is 1. The van der Waals surface area contributed by atoms with Crippen molar-refractivity contribution in [2.45, 2.75) is 12.8 Å². The number of nitrogen functional groups attached to an aromatic ring is 1. The zero-order chi connectivity index (χ0) is 13.1. The first-order valence-electron chi connectivity index (χ1n) is 5.42. The summed E-state index contributed by atoms with van der Waals surface area (Å²) in [6, 6.07) is 5.33. The van der Waals surface area contributed by atoms with E-state index in [0.29, 0.717) is 23.4 Å². The van der Waals surface area contributed by atoms with Crippen LogP contribution >= 0.6 is 0 Å². The number of carboxylic acids is 1. The van der Waals surface area contributed by atoms with Gasteiger partial charge in [-0.3, -0.25) is 4.79 Å². The fourth-order valence-electron chi connectivity index (χ4n) is 1.73. The first kappa shape index (κ1) is 12.1. The Morgan fingerprint density at radius 2 is 2.22 bits per heavy atom. The Hall–Kier alpha value is -2.37. The van der Waals surface area contributed by atoms with Crippen LogP contribution in [0.1, 0.15) is 12.1 Å². The molecule has 6 nitrogen and oxygen atoms in total. The third-order valence-electron chi connectivity index (χ3n) is 2.57. The second-order valence-corrected chi connectivity index (χ2v) is 3.81. The van der Waals surface area contributed by atoms with Gasteiger partial charge in [-0.05, 0) is 18.2 Å². The number of aryl methyl sites for hydroxylation is 1. The van der Waals surface area contributed by atoms with E-state index < -0.39 is 5.97 Å². The predicted octanol–water partition coefficient (Wildman–Crippen LogP) is 1.24. The molecule has 0 amide bonds. The largest absolute Gasteiger partial charge is 0.497 e. The Bertz CT molecular complexity index is 598. The van der Waals surface area contributed by atoms with Gasteiger partial charge in [-0.2, -0.15) is 0 Å². The molecule has 0 saturated carbocycles. The number of nitrogens with zero attached hydrogens (tertiary/aromatic N) is 2. The maximum absolute atomic E-state index is 10.6. The molecule has 0 aliphatic carbocycles. The standard InChI is InChI=1S/C12H13N3O3/c1-18-7-2-3-9-8(6-7)10(4-5-11(16)17)15-12(13)14-9/h2-3,6H,4-5H2,1H3,(H,16,17)(H2,13,14,15). The van der Waals surface area contributed by atoms with Crippen LogP contribution in [-0.4, -0.2) is 28.2 Å². The van der Waals surface area contributed by atoms with Gasteiger partial charge in [-0.15, -0.1) is 0 Å². The van der Waals surface area contributed by atoms with Crippen LogP contribution in [0, 0.1) is 0 Å². The number of nitrogens with two attached hydrogens (primary N) is 1. The molecule has 0 aliphatic rings. The molecule has 2 rings (SSSR count). The van der Waals surface area contributed by atoms with Gasteiger partial charge in [-0.25, -0.2) is 9.97 Å². The molecule has 0 bridgehead atoms. The van der Waals surface area contributed by atoms with Gasteiger partial charge in [0.1, 0.15) is 5.75 Å². The number of methoxy groups -OCH3 is 1. The lowest BCUT2D eigenvalue weighted by atomic mass is 10.1. The summed E-state index contributed by atoms with van der Waals surface area (Å²) in [5, 5.41) is 9.49. The van der Waals surface area contributed by atoms with Gasteiger partial charge in [0, 0.05) is 11.8 Å². The molecule has 0 spiro atoms. The first-order valence-corrected chi connectivity index (χ1v) is 5.42. The summed E-state index contributed by atoms with van der Waals surface area (Å²) in [6.07, 6.45) is 0.314. The van der Waals surface area contributed by atoms with Crippen LogP contribution in [0.3, 0.4) is 0 Å². The molecule has 0 fully saturated rings. The summed E-state index contributed by atoms with van der Waals surface area (Å²) < 4.78 is 5.13. The molecule has 0 aliphatic heterocycles. The lowest BCUT2D eigenvalue weighted by Gasteiger charge is -2.07. The lowest BCUT2D eigenvalue weighted by molar-refractivity contribution is -0.136. The van der Waals surface area contributed by atoms with Crippen molar-refractivity contribution in [2.75, 3.05) is 12.8 Å². The molecular weight excluding hydrogens is 234 g/mol. The molecule has 0 saturated heterocycles. The topological polar surface area (TPSA) is 98.3 Å². The average Bonchev–Trinajstić information content (AvgIpc) is 2.35. The molecule has 18 heavy (non-hydrogen) atoms. The fraction of sp³-hybridized carbons (Fsp3) is 0.250. The summed E-state index contributed by atoms with van der Waals surface area (Å²) in [5.74, 6) is -0.0521. The Labute approximate surface area is 103 Å². The molecule has 6 heteroatoms. The van der Waals surface area contributed by atoms with Crippen molar-refractivity contribution in [3.05, 3.63) is 23.9 Å². The van der Waals surface area contributed by atoms with Crippen LogP contribution in [-0.2, 0) is 11.2 Å². The van der Waals surface area contributed by atoms with Crippen LogP contribution in [0.25, 0.3) is 10.9 Å². The van der Waals surface area contributed by atoms with E-state index in [4.69, 9.17) is 15.6 Å². The van der Waals surface area contributed by atoms with E-state index in [1.807, 2.05) is 0 Å². The Balaban J connectivity index is 2.50. The van der Waals surface area contributed by atoms with Crippen molar-refractivity contribution in [3.63, 3.8) is 0 Å². The predicted molar refractivity (Wildman–Crippen MR) is 66.5 cm³/mol. The van der Waals surface area contributed by atoms with Gasteiger partial charge in [-0.1, -0.05) is 0 Å². The fourth-order valence-corrected chi connectivity index (χ4v) is 1.73. The number of ether oxygens (including phenoxy) is 1. The maximum atomic E-state index is 10.6. The van der Waals surface area contributed by atoms with Crippen molar-refractivity contribution >= 4 is 22.8 Å². The minimum Gasteiger partial charge on any atom is -0.497 e. The molecule has 0 unspecified atom stereocenters. The summed E-state index contributed by atoms with van der Waals surface area (Å²) in [7, 11) is 1.57. The monoisotopic (exact) mass is 247 g/mol. The SMILES string of the molecule is COc1ccc2nc(N)nc(CCC(=O)O)c2c1. The smallest absolute Gasteiger partial charge is 0.303 e. The highest BCUT2D eigenvalue weighted by atomic mass is 16.5. The highest BCUT2D eigenvalue weighted by Crippen LogP contribution is 2.23. The van der Waals surface area contributed by atoms with Crippen molar-refractivity contribution < 1.29 is 14.6 Å². The number of aromatic nitrogens is 2. The average molecular weight is 247 g/mol. The van der Waals surface area contributed by atoms with E-state index in [0.717, 1.165) is 5.39 Å². The van der Waals surface area contributed by atoms with Crippen molar-refractivity contribution in [3.8, 4) is 5.75 Å². The van der Waals surface area contributed by atoms with Gasteiger partial charge >= 0.3 is 5.97 Å². The number of aliphatic carboxylic acids is 1. The van der Waals surface area contributed by atoms with Crippen LogP contribution in [0.4, 0.5) is 5.95 Å². The maximum Gasteiger partial charge on any atom is 0.303 e. The van der Waals surface area contributed by atoms with Crippen molar-refractivity contribution in [2.24, 2.45) is 0 Å². The molecule has 1 aromatic carbocycles. The third kappa shape index (κ3) is 2.48. The minimum atomic E-state index is -0.872. The molecule has 3 N–H and O–H groups in total. The Kier molecular flexibility index (Phi) is 3.27.